The smallest absolute Gasteiger partial charge is 0.226 e. The van der Waals surface area contributed by atoms with Gasteiger partial charge in [0, 0.05) is 20.2 Å². The molecule has 2 N–H and O–H groups in total. The van der Waals surface area contributed by atoms with Crippen LogP contribution in [0.25, 0.3) is 11.2 Å². The van der Waals surface area contributed by atoms with Gasteiger partial charge in [-0.05, 0) is 13.3 Å². The van der Waals surface area contributed by atoms with Gasteiger partial charge in [-0.2, -0.15) is 9.97 Å². The summed E-state index contributed by atoms with van der Waals surface area (Å²) in [5, 5.41) is 3.14. The number of H-pyrrole nitrogens is 1. The first-order valence-electron chi connectivity index (χ1n) is 6.55. The molecule has 1 aliphatic heterocycles. The predicted molar refractivity (Wildman–Crippen MR) is 73.5 cm³/mol. The van der Waals surface area contributed by atoms with Gasteiger partial charge in [-0.15, -0.1) is 0 Å². The van der Waals surface area contributed by atoms with Crippen molar-refractivity contribution >= 4 is 22.9 Å². The lowest BCUT2D eigenvalue weighted by Gasteiger charge is -2.24. The van der Waals surface area contributed by atoms with Crippen LogP contribution in [-0.2, 0) is 4.74 Å². The largest absolute Gasteiger partial charge is 0.379 e. The third kappa shape index (κ3) is 2.21. The summed E-state index contributed by atoms with van der Waals surface area (Å²) in [5.41, 5.74) is 1.56. The third-order valence-corrected chi connectivity index (χ3v) is 3.39. The van der Waals surface area contributed by atoms with Crippen LogP contribution >= 0.6 is 0 Å². The van der Waals surface area contributed by atoms with Gasteiger partial charge in [0.2, 0.25) is 5.95 Å². The average Bonchev–Trinajstić information content (AvgIpc) is 3.08. The number of imidazole rings is 1. The van der Waals surface area contributed by atoms with E-state index in [9.17, 15) is 0 Å². The Kier molecular flexibility index (Phi) is 3.20. The van der Waals surface area contributed by atoms with Crippen molar-refractivity contribution in [2.24, 2.45) is 0 Å². The van der Waals surface area contributed by atoms with Crippen LogP contribution in [0.1, 0.15) is 13.3 Å². The highest BCUT2D eigenvalue weighted by Crippen LogP contribution is 2.25. The number of rotatable bonds is 4. The van der Waals surface area contributed by atoms with Crippen LogP contribution in [-0.4, -0.2) is 52.8 Å². The van der Waals surface area contributed by atoms with Crippen molar-refractivity contribution in [3.8, 4) is 0 Å². The molecule has 0 amide bonds. The summed E-state index contributed by atoms with van der Waals surface area (Å²) in [5.74, 6) is 1.48. The summed E-state index contributed by atoms with van der Waals surface area (Å²) < 4.78 is 5.44. The molecule has 0 spiro atoms. The van der Waals surface area contributed by atoms with E-state index < -0.39 is 0 Å². The summed E-state index contributed by atoms with van der Waals surface area (Å²) in [6.45, 7) is 4.36. The van der Waals surface area contributed by atoms with Crippen LogP contribution in [0.4, 0.5) is 11.8 Å². The summed E-state index contributed by atoms with van der Waals surface area (Å²) in [6.07, 6.45) is 2.67. The highest BCUT2D eigenvalue weighted by Gasteiger charge is 2.24. The Morgan fingerprint density at radius 3 is 3.16 bits per heavy atom. The maximum Gasteiger partial charge on any atom is 0.226 e. The molecule has 1 saturated heterocycles. The van der Waals surface area contributed by atoms with Crippen molar-refractivity contribution in [3.63, 3.8) is 0 Å². The quantitative estimate of drug-likeness (QED) is 0.856. The van der Waals surface area contributed by atoms with Gasteiger partial charge < -0.3 is 19.9 Å². The van der Waals surface area contributed by atoms with E-state index in [1.165, 1.54) is 0 Å². The zero-order valence-electron chi connectivity index (χ0n) is 11.2. The molecule has 19 heavy (non-hydrogen) atoms. The van der Waals surface area contributed by atoms with E-state index in [1.807, 2.05) is 14.0 Å². The van der Waals surface area contributed by atoms with E-state index in [1.54, 1.807) is 6.33 Å². The van der Waals surface area contributed by atoms with Gasteiger partial charge >= 0.3 is 0 Å². The second-order valence-corrected chi connectivity index (χ2v) is 4.63. The fraction of sp³-hybridized carbons (Fsp3) is 0.583. The highest BCUT2D eigenvalue weighted by molar-refractivity contribution is 5.84. The summed E-state index contributed by atoms with van der Waals surface area (Å²) in [7, 11) is 2.04. The molecule has 1 aliphatic rings. The number of likely N-dealkylation sites (N-methyl/N-ethyl adjacent to an activating group) is 1. The summed E-state index contributed by atoms with van der Waals surface area (Å²) in [4.78, 5) is 18.4. The molecule has 7 nitrogen and oxygen atoms in total. The monoisotopic (exact) mass is 262 g/mol. The fourth-order valence-corrected chi connectivity index (χ4v) is 2.31. The van der Waals surface area contributed by atoms with Crippen molar-refractivity contribution in [1.29, 1.82) is 0 Å². The van der Waals surface area contributed by atoms with E-state index in [0.29, 0.717) is 17.6 Å². The van der Waals surface area contributed by atoms with Crippen LogP contribution in [0.15, 0.2) is 6.33 Å². The lowest BCUT2D eigenvalue weighted by Crippen LogP contribution is -2.33. The second-order valence-electron chi connectivity index (χ2n) is 4.63. The lowest BCUT2D eigenvalue weighted by molar-refractivity contribution is 0.193. The van der Waals surface area contributed by atoms with Crippen molar-refractivity contribution in [3.05, 3.63) is 6.33 Å². The number of aromatic amines is 1. The lowest BCUT2D eigenvalue weighted by atomic mass is 10.2. The van der Waals surface area contributed by atoms with Gasteiger partial charge in [-0.1, -0.05) is 0 Å². The van der Waals surface area contributed by atoms with Crippen LogP contribution < -0.4 is 10.2 Å². The maximum atomic E-state index is 5.44. The van der Waals surface area contributed by atoms with Crippen molar-refractivity contribution in [2.45, 2.75) is 19.4 Å². The molecule has 0 aromatic carbocycles. The molecular formula is C12H18N6O. The highest BCUT2D eigenvalue weighted by atomic mass is 16.5. The molecule has 0 bridgehead atoms. The molecule has 1 unspecified atom stereocenters. The fourth-order valence-electron chi connectivity index (χ4n) is 2.31. The molecule has 7 heteroatoms. The number of anilines is 2. The molecule has 2 aromatic heterocycles. The molecule has 3 heterocycles. The first kappa shape index (κ1) is 12.2. The van der Waals surface area contributed by atoms with Crippen LogP contribution in [0.5, 0.6) is 0 Å². The normalized spacial score (nSPS) is 18.9. The second kappa shape index (κ2) is 5.00. The molecular weight excluding hydrogens is 244 g/mol. The Morgan fingerprint density at radius 2 is 2.42 bits per heavy atom. The molecule has 0 radical (unpaired) electrons. The predicted octanol–water partition coefficient (Wildman–Crippen LogP) is 1.01. The van der Waals surface area contributed by atoms with Gasteiger partial charge in [-0.3, -0.25) is 0 Å². The maximum absolute atomic E-state index is 5.44. The SMILES string of the molecule is CCNc1nc(N(C)C2CCOC2)c2[nH]cnc2n1. The van der Waals surface area contributed by atoms with Crippen LogP contribution in [0.3, 0.4) is 0 Å². The average molecular weight is 262 g/mol. The number of nitrogens with zero attached hydrogens (tertiary/aromatic N) is 4. The molecule has 1 atom stereocenters. The Hall–Kier alpha value is -1.89. The molecule has 2 aromatic rings. The van der Waals surface area contributed by atoms with E-state index in [4.69, 9.17) is 4.74 Å². The van der Waals surface area contributed by atoms with E-state index in [0.717, 1.165) is 37.5 Å². The van der Waals surface area contributed by atoms with Gasteiger partial charge in [-0.25, -0.2) is 4.98 Å². The number of ether oxygens (including phenoxy) is 1. The number of hydrogen-bond acceptors (Lipinski definition) is 6. The first-order valence-corrected chi connectivity index (χ1v) is 6.55. The minimum absolute atomic E-state index is 0.357. The molecule has 1 fully saturated rings. The Morgan fingerprint density at radius 1 is 1.53 bits per heavy atom. The van der Waals surface area contributed by atoms with E-state index in [2.05, 4.69) is 30.2 Å². The Balaban J connectivity index is 2.01. The van der Waals surface area contributed by atoms with Gasteiger partial charge in [0.15, 0.2) is 11.5 Å². The molecule has 0 aliphatic carbocycles. The van der Waals surface area contributed by atoms with Crippen molar-refractivity contribution in [1.82, 2.24) is 19.9 Å². The third-order valence-electron chi connectivity index (χ3n) is 3.39. The van der Waals surface area contributed by atoms with Crippen LogP contribution in [0.2, 0.25) is 0 Å². The topological polar surface area (TPSA) is 79.0 Å². The van der Waals surface area contributed by atoms with Crippen molar-refractivity contribution < 1.29 is 4.74 Å². The minimum atomic E-state index is 0.357. The Bertz CT molecular complexity index is 562. The zero-order chi connectivity index (χ0) is 13.2. The minimum Gasteiger partial charge on any atom is -0.379 e. The van der Waals surface area contributed by atoms with Crippen LogP contribution in [0, 0.1) is 0 Å². The van der Waals surface area contributed by atoms with Crippen molar-refractivity contribution in [2.75, 3.05) is 37.0 Å². The Labute approximate surface area is 111 Å². The first-order chi connectivity index (χ1) is 9.29. The molecule has 102 valence electrons. The molecule has 3 rings (SSSR count). The number of fused-ring (bicyclic) bond motifs is 1. The molecule has 0 saturated carbocycles. The van der Waals surface area contributed by atoms with Gasteiger partial charge in [0.1, 0.15) is 5.52 Å². The van der Waals surface area contributed by atoms with E-state index >= 15 is 0 Å². The summed E-state index contributed by atoms with van der Waals surface area (Å²) in [6, 6.07) is 0.357. The zero-order valence-corrected chi connectivity index (χ0v) is 11.2. The number of aromatic nitrogens is 4. The van der Waals surface area contributed by atoms with Gasteiger partial charge in [0.25, 0.3) is 0 Å². The number of nitrogens with one attached hydrogen (secondary N) is 2. The summed E-state index contributed by atoms with van der Waals surface area (Å²) >= 11 is 0. The van der Waals surface area contributed by atoms with Gasteiger partial charge in [0.05, 0.1) is 19.0 Å². The van der Waals surface area contributed by atoms with E-state index in [-0.39, 0.29) is 0 Å². The standard InChI is InChI=1S/C12H18N6O/c1-3-13-12-16-10-9(14-7-15-10)11(17-12)18(2)8-4-5-19-6-8/h7-8H,3-6H2,1-2H3,(H2,13,14,15,16,17). The number of hydrogen-bond donors (Lipinski definition) is 2.